The first-order valence-electron chi connectivity index (χ1n) is 9.00. The van der Waals surface area contributed by atoms with Crippen LogP contribution >= 0.6 is 0 Å². The van der Waals surface area contributed by atoms with E-state index in [2.05, 4.69) is 9.72 Å². The molecule has 0 radical (unpaired) electrons. The van der Waals surface area contributed by atoms with Gasteiger partial charge < -0.3 is 9.94 Å². The molecule has 0 bridgehead atoms. The minimum atomic E-state index is -4.97. The normalized spacial score (nSPS) is 23.5. The number of ether oxygens (including phenoxy) is 1. The van der Waals surface area contributed by atoms with E-state index in [9.17, 15) is 32.0 Å². The fraction of sp³-hybridized carbons (Fsp3) is 0.667. The molecule has 2 atom stereocenters. The molecule has 1 aliphatic heterocycles. The van der Waals surface area contributed by atoms with Crippen molar-refractivity contribution in [3.63, 3.8) is 0 Å². The number of nitrogens with zero attached hydrogens (tertiary/aromatic N) is 2. The standard InChI is InChI=1S/C18H21F5N2O3/c1-8-5-10(7-25(8)27)12-11(6-9-3-4-9)13(17(26)28-2)14(16(19)20)24-15(12)18(21,22)23/h8-10,16,27H,3-7H2,1-2H3. The number of methoxy groups -OCH3 is 1. The molecule has 5 nitrogen and oxygen atoms in total. The molecule has 28 heavy (non-hydrogen) atoms. The largest absolute Gasteiger partial charge is 0.465 e. The molecule has 1 aromatic rings. The molecule has 156 valence electrons. The second-order valence-corrected chi connectivity index (χ2v) is 7.45. The van der Waals surface area contributed by atoms with E-state index >= 15 is 0 Å². The van der Waals surface area contributed by atoms with E-state index in [4.69, 9.17) is 0 Å². The van der Waals surface area contributed by atoms with Gasteiger partial charge in [-0.1, -0.05) is 0 Å². The van der Waals surface area contributed by atoms with E-state index in [1.807, 2.05) is 0 Å². The molecule has 10 heteroatoms. The minimum absolute atomic E-state index is 0.0280. The van der Waals surface area contributed by atoms with Gasteiger partial charge in [0.2, 0.25) is 0 Å². The van der Waals surface area contributed by atoms with Gasteiger partial charge in [0.1, 0.15) is 11.4 Å². The summed E-state index contributed by atoms with van der Waals surface area (Å²) in [5.41, 5.74) is -3.52. The highest BCUT2D eigenvalue weighted by atomic mass is 19.4. The Morgan fingerprint density at radius 2 is 2.00 bits per heavy atom. The predicted molar refractivity (Wildman–Crippen MR) is 87.3 cm³/mol. The molecule has 1 saturated heterocycles. The van der Waals surface area contributed by atoms with Crippen molar-refractivity contribution in [3.05, 3.63) is 28.1 Å². The molecule has 0 spiro atoms. The van der Waals surface area contributed by atoms with E-state index in [-0.39, 0.29) is 36.4 Å². The fourth-order valence-electron chi connectivity index (χ4n) is 3.86. The lowest BCUT2D eigenvalue weighted by atomic mass is 9.85. The van der Waals surface area contributed by atoms with E-state index in [1.54, 1.807) is 6.92 Å². The Morgan fingerprint density at radius 3 is 2.43 bits per heavy atom. The first-order chi connectivity index (χ1) is 13.0. The van der Waals surface area contributed by atoms with Crippen molar-refractivity contribution in [1.82, 2.24) is 10.0 Å². The van der Waals surface area contributed by atoms with Crippen molar-refractivity contribution in [3.8, 4) is 0 Å². The molecular weight excluding hydrogens is 387 g/mol. The number of aromatic nitrogens is 1. The molecule has 2 fully saturated rings. The molecule has 1 aromatic heterocycles. The van der Waals surface area contributed by atoms with Crippen molar-refractivity contribution < 1.29 is 36.7 Å². The number of carbonyl (C=O) groups is 1. The van der Waals surface area contributed by atoms with Gasteiger partial charge in [-0.3, -0.25) is 0 Å². The van der Waals surface area contributed by atoms with Gasteiger partial charge >= 0.3 is 12.1 Å². The molecular formula is C18H21F5N2O3. The van der Waals surface area contributed by atoms with Gasteiger partial charge in [-0.15, -0.1) is 0 Å². The summed E-state index contributed by atoms with van der Waals surface area (Å²) in [6, 6.07) is -0.406. The molecule has 2 aliphatic rings. The van der Waals surface area contributed by atoms with Crippen molar-refractivity contribution in [2.24, 2.45) is 5.92 Å². The van der Waals surface area contributed by atoms with Crippen LogP contribution in [0.5, 0.6) is 0 Å². The maximum absolute atomic E-state index is 13.8. The van der Waals surface area contributed by atoms with Gasteiger partial charge in [0, 0.05) is 18.5 Å². The van der Waals surface area contributed by atoms with Crippen molar-refractivity contribution in [1.29, 1.82) is 0 Å². The smallest absolute Gasteiger partial charge is 0.433 e. The number of hydrogen-bond acceptors (Lipinski definition) is 5. The van der Waals surface area contributed by atoms with Gasteiger partial charge in [0.15, 0.2) is 0 Å². The summed E-state index contributed by atoms with van der Waals surface area (Å²) in [5.74, 6) is -1.88. The van der Waals surface area contributed by atoms with E-state index in [0.29, 0.717) is 0 Å². The van der Waals surface area contributed by atoms with Crippen LogP contribution in [0, 0.1) is 5.92 Å². The maximum Gasteiger partial charge on any atom is 0.433 e. The Kier molecular flexibility index (Phi) is 5.64. The SMILES string of the molecule is COC(=O)c1c(C(F)F)nc(C(F)(F)F)c(C2CC(C)N(O)C2)c1CC1CC1. The molecule has 2 heterocycles. The lowest BCUT2D eigenvalue weighted by Crippen LogP contribution is -2.25. The zero-order valence-electron chi connectivity index (χ0n) is 15.4. The fourth-order valence-corrected chi connectivity index (χ4v) is 3.86. The number of alkyl halides is 5. The second kappa shape index (κ2) is 7.55. The number of hydrogen-bond donors (Lipinski definition) is 1. The third kappa shape index (κ3) is 3.98. The van der Waals surface area contributed by atoms with Crippen molar-refractivity contribution >= 4 is 5.97 Å². The lowest BCUT2D eigenvalue weighted by molar-refractivity contribution is -0.142. The number of halogens is 5. The average Bonchev–Trinajstić information content (AvgIpc) is 3.36. The van der Waals surface area contributed by atoms with E-state index in [0.717, 1.165) is 25.0 Å². The van der Waals surface area contributed by atoms with E-state index in [1.165, 1.54) is 0 Å². The Balaban J connectivity index is 2.30. The van der Waals surface area contributed by atoms with Crippen LogP contribution in [0.4, 0.5) is 22.0 Å². The van der Waals surface area contributed by atoms with Crippen LogP contribution in [0.1, 0.15) is 71.4 Å². The van der Waals surface area contributed by atoms with Gasteiger partial charge in [-0.2, -0.15) is 18.2 Å². The average molecular weight is 408 g/mol. The number of carbonyl (C=O) groups excluding carboxylic acids is 1. The topological polar surface area (TPSA) is 62.7 Å². The van der Waals surface area contributed by atoms with Crippen molar-refractivity contribution in [2.45, 2.75) is 57.2 Å². The Morgan fingerprint density at radius 1 is 1.36 bits per heavy atom. The molecule has 1 N–H and O–H groups in total. The van der Waals surface area contributed by atoms with Crippen LogP contribution in [0.2, 0.25) is 0 Å². The quantitative estimate of drug-likeness (QED) is 0.580. The number of esters is 1. The Bertz CT molecular complexity index is 755. The first kappa shape index (κ1) is 20.9. The highest BCUT2D eigenvalue weighted by molar-refractivity contribution is 5.93. The van der Waals surface area contributed by atoms with Gasteiger partial charge in [-0.05, 0) is 49.7 Å². The zero-order valence-corrected chi connectivity index (χ0v) is 15.4. The Labute approximate surface area is 158 Å². The molecule has 0 aromatic carbocycles. The van der Waals surface area contributed by atoms with Crippen LogP contribution in [0.3, 0.4) is 0 Å². The summed E-state index contributed by atoms with van der Waals surface area (Å²) in [6.07, 6.45) is -6.58. The highest BCUT2D eigenvalue weighted by Crippen LogP contribution is 2.45. The number of hydroxylamine groups is 2. The third-order valence-corrected chi connectivity index (χ3v) is 5.37. The first-order valence-corrected chi connectivity index (χ1v) is 9.00. The van der Waals surface area contributed by atoms with Crippen LogP contribution in [0.25, 0.3) is 0 Å². The molecule has 1 saturated carbocycles. The summed E-state index contributed by atoms with van der Waals surface area (Å²) in [4.78, 5) is 15.5. The van der Waals surface area contributed by atoms with Gasteiger partial charge in [-0.25, -0.2) is 18.6 Å². The number of pyridine rings is 1. The van der Waals surface area contributed by atoms with Crippen LogP contribution in [-0.2, 0) is 17.3 Å². The lowest BCUT2D eigenvalue weighted by Gasteiger charge is -2.24. The summed E-state index contributed by atoms with van der Waals surface area (Å²) in [7, 11) is 0.989. The minimum Gasteiger partial charge on any atom is -0.465 e. The summed E-state index contributed by atoms with van der Waals surface area (Å²) >= 11 is 0. The molecule has 1 aliphatic carbocycles. The van der Waals surface area contributed by atoms with Crippen LogP contribution < -0.4 is 0 Å². The maximum atomic E-state index is 13.8. The van der Waals surface area contributed by atoms with Gasteiger partial charge in [0.25, 0.3) is 6.43 Å². The summed E-state index contributed by atoms with van der Waals surface area (Å²) < 4.78 is 73.1. The highest BCUT2D eigenvalue weighted by Gasteiger charge is 2.45. The molecule has 2 unspecified atom stereocenters. The van der Waals surface area contributed by atoms with Gasteiger partial charge in [0.05, 0.1) is 12.7 Å². The summed E-state index contributed by atoms with van der Waals surface area (Å²) in [6.45, 7) is 1.55. The second-order valence-electron chi connectivity index (χ2n) is 7.45. The molecule has 0 amide bonds. The zero-order chi connectivity index (χ0) is 20.8. The molecule has 3 rings (SSSR count). The Hall–Kier alpha value is -1.81. The van der Waals surface area contributed by atoms with Crippen LogP contribution in [-0.4, -0.2) is 40.9 Å². The van der Waals surface area contributed by atoms with Crippen LogP contribution in [0.15, 0.2) is 0 Å². The third-order valence-electron chi connectivity index (χ3n) is 5.37. The van der Waals surface area contributed by atoms with Crippen molar-refractivity contribution in [2.75, 3.05) is 13.7 Å². The monoisotopic (exact) mass is 408 g/mol. The predicted octanol–water partition coefficient (Wildman–Crippen LogP) is 4.34. The summed E-state index contributed by atoms with van der Waals surface area (Å²) in [5, 5.41) is 10.8. The van der Waals surface area contributed by atoms with E-state index < -0.39 is 47.5 Å². The number of rotatable bonds is 5.